The van der Waals surface area contributed by atoms with Gasteiger partial charge in [0.1, 0.15) is 11.4 Å². The van der Waals surface area contributed by atoms with Crippen molar-refractivity contribution in [2.45, 2.75) is 57.3 Å². The van der Waals surface area contributed by atoms with Gasteiger partial charge in [0, 0.05) is 35.7 Å². The molecule has 3 heterocycles. The van der Waals surface area contributed by atoms with Crippen molar-refractivity contribution in [3.63, 3.8) is 0 Å². The Morgan fingerprint density at radius 1 is 1.07 bits per heavy atom. The van der Waals surface area contributed by atoms with Crippen molar-refractivity contribution in [1.29, 1.82) is 0 Å². The fraction of sp³-hybridized carbons (Fsp3) is 0.452. The lowest BCUT2D eigenvalue weighted by molar-refractivity contribution is -0.137. The number of halogens is 3. The quantitative estimate of drug-likeness (QED) is 0.503. The Morgan fingerprint density at radius 2 is 1.70 bits per heavy atom. The number of hydrogen-bond acceptors (Lipinski definition) is 6. The van der Waals surface area contributed by atoms with Crippen LogP contribution >= 0.6 is 0 Å². The molecule has 0 aromatic heterocycles. The van der Waals surface area contributed by atoms with Crippen LogP contribution < -0.4 is 10.6 Å². The highest BCUT2D eigenvalue weighted by molar-refractivity contribution is 7.92. The van der Waals surface area contributed by atoms with Crippen LogP contribution in [0.4, 0.5) is 13.2 Å². The molecule has 2 N–H and O–H groups in total. The van der Waals surface area contributed by atoms with E-state index in [-0.39, 0.29) is 49.3 Å². The monoisotopic (exact) mass is 631 g/mol. The summed E-state index contributed by atoms with van der Waals surface area (Å²) in [6.07, 6.45) is -1.05. The summed E-state index contributed by atoms with van der Waals surface area (Å²) in [5, 5.41) is 6.82. The molecule has 1 spiro atoms. The molecular weight excluding hydrogens is 595 g/mol. The molecule has 9 nitrogen and oxygen atoms in total. The summed E-state index contributed by atoms with van der Waals surface area (Å²) in [5.41, 5.74) is 0.804. The van der Waals surface area contributed by atoms with Gasteiger partial charge in [0.25, 0.3) is 11.8 Å². The molecule has 13 heteroatoms. The van der Waals surface area contributed by atoms with Crippen molar-refractivity contribution in [2.24, 2.45) is 4.99 Å². The van der Waals surface area contributed by atoms with E-state index in [4.69, 9.17) is 0 Å². The second-order valence-electron chi connectivity index (χ2n) is 11.8. The number of piperidine rings is 2. The van der Waals surface area contributed by atoms with E-state index in [1.54, 1.807) is 12.1 Å². The van der Waals surface area contributed by atoms with Gasteiger partial charge in [-0.05, 0) is 107 Å². The second-order valence-corrected chi connectivity index (χ2v) is 13.7. The SMILES string of the molecule is Cc1cc(C(=O)NC2CCN(C)CC2)cc(C)c1/C=C/S(=O)(=O)N1CCC2(CC1)N=C(c1cccc(C(F)(F)F)c1)NC2=O. The average molecular weight is 632 g/mol. The number of nitrogens with zero attached hydrogens (tertiary/aromatic N) is 3. The highest BCUT2D eigenvalue weighted by Crippen LogP contribution is 2.34. The average Bonchev–Trinajstić information content (AvgIpc) is 3.28. The molecule has 0 bridgehead atoms. The van der Waals surface area contributed by atoms with E-state index in [2.05, 4.69) is 27.6 Å². The van der Waals surface area contributed by atoms with Gasteiger partial charge in [0.05, 0.1) is 5.56 Å². The first-order chi connectivity index (χ1) is 20.7. The molecule has 2 fully saturated rings. The minimum absolute atomic E-state index is 0.0213. The minimum Gasteiger partial charge on any atom is -0.349 e. The van der Waals surface area contributed by atoms with E-state index < -0.39 is 33.2 Å². The number of alkyl halides is 3. The van der Waals surface area contributed by atoms with Crippen LogP contribution in [0.3, 0.4) is 0 Å². The van der Waals surface area contributed by atoms with Crippen LogP contribution in [0, 0.1) is 13.8 Å². The van der Waals surface area contributed by atoms with E-state index in [1.807, 2.05) is 13.8 Å². The summed E-state index contributed by atoms with van der Waals surface area (Å²) in [6.45, 7) is 5.56. The zero-order valence-corrected chi connectivity index (χ0v) is 25.7. The highest BCUT2D eigenvalue weighted by Gasteiger charge is 2.47. The predicted molar refractivity (Wildman–Crippen MR) is 162 cm³/mol. The van der Waals surface area contributed by atoms with Gasteiger partial charge in [-0.25, -0.2) is 8.42 Å². The molecule has 0 saturated carbocycles. The minimum atomic E-state index is -4.54. The second kappa shape index (κ2) is 12.1. The lowest BCUT2D eigenvalue weighted by Crippen LogP contribution is -2.50. The Kier molecular flexibility index (Phi) is 8.76. The Labute approximate surface area is 255 Å². The molecule has 0 atom stereocenters. The van der Waals surface area contributed by atoms with Crippen molar-refractivity contribution < 1.29 is 31.2 Å². The number of nitrogens with one attached hydrogen (secondary N) is 2. The summed E-state index contributed by atoms with van der Waals surface area (Å²) in [5.74, 6) is -0.554. The largest absolute Gasteiger partial charge is 0.416 e. The van der Waals surface area contributed by atoms with Gasteiger partial charge >= 0.3 is 6.18 Å². The number of benzene rings is 2. The summed E-state index contributed by atoms with van der Waals surface area (Å²) in [4.78, 5) is 32.5. The third-order valence-corrected chi connectivity index (χ3v) is 10.2. The number of amides is 2. The summed E-state index contributed by atoms with van der Waals surface area (Å²) in [6, 6.07) is 8.21. The topological polar surface area (TPSA) is 111 Å². The summed E-state index contributed by atoms with van der Waals surface area (Å²) in [7, 11) is -1.79. The van der Waals surface area contributed by atoms with Crippen molar-refractivity contribution in [1.82, 2.24) is 19.8 Å². The van der Waals surface area contributed by atoms with Gasteiger partial charge in [-0.1, -0.05) is 12.1 Å². The molecule has 2 saturated heterocycles. The fourth-order valence-electron chi connectivity index (χ4n) is 5.98. The van der Waals surface area contributed by atoms with E-state index in [1.165, 1.54) is 22.5 Å². The van der Waals surface area contributed by atoms with Crippen LogP contribution in [0.25, 0.3) is 6.08 Å². The number of rotatable bonds is 6. The van der Waals surface area contributed by atoms with Gasteiger partial charge < -0.3 is 15.5 Å². The molecule has 2 aromatic rings. The van der Waals surface area contributed by atoms with Gasteiger partial charge in [0.15, 0.2) is 0 Å². The van der Waals surface area contributed by atoms with E-state index in [9.17, 15) is 31.2 Å². The van der Waals surface area contributed by atoms with Gasteiger partial charge in [-0.3, -0.25) is 14.6 Å². The number of carbonyl (C=O) groups is 2. The maximum atomic E-state index is 13.2. The van der Waals surface area contributed by atoms with Crippen molar-refractivity contribution in [3.8, 4) is 0 Å². The highest BCUT2D eigenvalue weighted by atomic mass is 32.2. The van der Waals surface area contributed by atoms with E-state index >= 15 is 0 Å². The van der Waals surface area contributed by atoms with Crippen LogP contribution in [0.15, 0.2) is 46.8 Å². The van der Waals surface area contributed by atoms with Crippen LogP contribution in [0.5, 0.6) is 0 Å². The zero-order valence-electron chi connectivity index (χ0n) is 24.9. The third-order valence-electron chi connectivity index (χ3n) is 8.67. The number of likely N-dealkylation sites (tertiary alicyclic amines) is 1. The molecule has 3 aliphatic heterocycles. The van der Waals surface area contributed by atoms with Gasteiger partial charge in [0.2, 0.25) is 10.0 Å². The molecule has 3 aliphatic rings. The summed E-state index contributed by atoms with van der Waals surface area (Å²) >= 11 is 0. The van der Waals surface area contributed by atoms with Crippen molar-refractivity contribution >= 4 is 33.7 Å². The van der Waals surface area contributed by atoms with Crippen LogP contribution in [0.1, 0.15) is 63.9 Å². The number of amidine groups is 1. The number of hydrogen-bond donors (Lipinski definition) is 2. The van der Waals surface area contributed by atoms with Crippen molar-refractivity contribution in [3.05, 3.63) is 75.2 Å². The maximum Gasteiger partial charge on any atom is 0.416 e. The summed E-state index contributed by atoms with van der Waals surface area (Å²) < 4.78 is 67.3. The van der Waals surface area contributed by atoms with Crippen LogP contribution in [-0.2, 0) is 21.0 Å². The molecule has 0 radical (unpaired) electrons. The lowest BCUT2D eigenvalue weighted by Gasteiger charge is -2.34. The number of carbonyl (C=O) groups excluding carboxylic acids is 2. The molecule has 2 amide bonds. The lowest BCUT2D eigenvalue weighted by atomic mass is 9.89. The number of sulfonamides is 1. The molecule has 236 valence electrons. The Hall–Kier alpha value is -3.55. The molecule has 5 rings (SSSR count). The smallest absolute Gasteiger partial charge is 0.349 e. The predicted octanol–water partition coefficient (Wildman–Crippen LogP) is 3.86. The number of aryl methyl sites for hydroxylation is 2. The first-order valence-electron chi connectivity index (χ1n) is 14.5. The first kappa shape index (κ1) is 31.9. The van der Waals surface area contributed by atoms with Crippen molar-refractivity contribution in [2.75, 3.05) is 33.2 Å². The fourth-order valence-corrected chi connectivity index (χ4v) is 7.15. The van der Waals surface area contributed by atoms with E-state index in [0.717, 1.165) is 54.6 Å². The Morgan fingerprint density at radius 3 is 2.32 bits per heavy atom. The zero-order chi connectivity index (χ0) is 31.9. The third kappa shape index (κ3) is 6.74. The Bertz CT molecular complexity index is 1600. The van der Waals surface area contributed by atoms with Crippen LogP contribution in [0.2, 0.25) is 0 Å². The van der Waals surface area contributed by atoms with Gasteiger partial charge in [-0.15, -0.1) is 0 Å². The number of aliphatic imine (C=N–C) groups is 1. The molecule has 2 aromatic carbocycles. The molecule has 0 unspecified atom stereocenters. The van der Waals surface area contributed by atoms with E-state index in [0.29, 0.717) is 11.1 Å². The first-order valence-corrected chi connectivity index (χ1v) is 16.0. The molecule has 0 aliphatic carbocycles. The maximum absolute atomic E-state index is 13.2. The van der Waals surface area contributed by atoms with Crippen LogP contribution in [-0.4, -0.2) is 80.1 Å². The molecule has 44 heavy (non-hydrogen) atoms. The standard InChI is InChI=1S/C31H36F3N5O4S/c1-20-17-23(28(40)35-25-7-12-38(3)13-8-25)18-21(2)26(20)9-16-44(42,43)39-14-10-30(11-15-39)29(41)36-27(37-30)22-5-4-6-24(19-22)31(32,33)34/h4-6,9,16-19,25H,7-8,10-15H2,1-3H3,(H,35,40)(H,36,37,41)/b16-9+. The normalized spacial score (nSPS) is 20.2. The van der Waals surface area contributed by atoms with Gasteiger partial charge in [-0.2, -0.15) is 17.5 Å². The molecular formula is C31H36F3N5O4S. The Balaban J connectivity index is 1.24.